The van der Waals surface area contributed by atoms with Crippen LogP contribution in [0.1, 0.15) is 2.74 Å². The summed E-state index contributed by atoms with van der Waals surface area (Å²) in [5.74, 6) is 0. The molecule has 0 unspecified atom stereocenters. The lowest BCUT2D eigenvalue weighted by atomic mass is 10.4. The van der Waals surface area contributed by atoms with E-state index in [2.05, 4.69) is 0 Å². The largest absolute Gasteiger partial charge is 0.114 e. The van der Waals surface area contributed by atoms with Gasteiger partial charge in [0.2, 0.25) is 0 Å². The van der Waals surface area contributed by atoms with Gasteiger partial charge in [-0.05, 0) is 12.1 Å². The molecule has 2 rings (SSSR count). The van der Waals surface area contributed by atoms with Crippen molar-refractivity contribution in [1.82, 2.24) is 0 Å². The molecule has 1 aromatic rings. The number of rotatable bonds is 0. The zero-order valence-corrected chi connectivity index (χ0v) is 6.26. The molecule has 0 fully saturated rings. The summed E-state index contributed by atoms with van der Waals surface area (Å²) in [5, 5.41) is -1.16. The third-order valence-corrected chi connectivity index (χ3v) is 3.10. The fraction of sp³-hybridized carbons (Fsp3) is 0.143. The Labute approximate surface area is 65.8 Å². The van der Waals surface area contributed by atoms with Gasteiger partial charge < -0.3 is 0 Å². The number of hydrogen-bond donors (Lipinski definition) is 0. The van der Waals surface area contributed by atoms with Crippen molar-refractivity contribution in [3.05, 3.63) is 24.3 Å². The average Bonchev–Trinajstić information content (AvgIpc) is 2.21. The summed E-state index contributed by atoms with van der Waals surface area (Å²) in [5.41, 5.74) is 0. The topological polar surface area (TPSA) is 0 Å². The highest BCUT2D eigenvalue weighted by atomic mass is 32.2. The van der Waals surface area contributed by atoms with Gasteiger partial charge in [0.05, 0.1) is 2.74 Å². The minimum absolute atomic E-state index is 1.06. The Kier molecular flexibility index (Phi) is 0.994. The molecular formula is C7H6S2. The molecule has 1 aliphatic rings. The summed E-state index contributed by atoms with van der Waals surface area (Å²) in [6, 6.07) is 7.79. The van der Waals surface area contributed by atoms with Crippen molar-refractivity contribution in [3.8, 4) is 0 Å². The molecule has 0 saturated heterocycles. The van der Waals surface area contributed by atoms with E-state index in [1.807, 2.05) is 24.3 Å². The van der Waals surface area contributed by atoms with Gasteiger partial charge in [-0.1, -0.05) is 12.1 Å². The van der Waals surface area contributed by atoms with Crippen molar-refractivity contribution >= 4 is 23.5 Å². The molecule has 0 aliphatic carbocycles. The second-order valence-electron chi connectivity index (χ2n) is 1.73. The molecule has 0 nitrogen and oxygen atoms in total. The van der Waals surface area contributed by atoms with Crippen molar-refractivity contribution in [1.29, 1.82) is 0 Å². The Bertz CT molecular complexity index is 259. The molecule has 0 N–H and O–H groups in total. The van der Waals surface area contributed by atoms with Crippen LogP contribution in [-0.4, -0.2) is 5.04 Å². The van der Waals surface area contributed by atoms with Gasteiger partial charge in [-0.25, -0.2) is 0 Å². The zero-order valence-electron chi connectivity index (χ0n) is 6.63. The van der Waals surface area contributed by atoms with E-state index in [4.69, 9.17) is 2.74 Å². The smallest absolute Gasteiger partial charge is 0.0503 e. The maximum atomic E-state index is 7.46. The fourth-order valence-electron chi connectivity index (χ4n) is 0.729. The third kappa shape index (κ3) is 0.970. The maximum absolute atomic E-state index is 7.46. The van der Waals surface area contributed by atoms with E-state index in [1.54, 1.807) is 0 Å². The van der Waals surface area contributed by atoms with Crippen LogP contribution in [0.25, 0.3) is 0 Å². The summed E-state index contributed by atoms with van der Waals surface area (Å²) in [6.45, 7) is 0. The van der Waals surface area contributed by atoms with E-state index >= 15 is 0 Å². The van der Waals surface area contributed by atoms with E-state index in [0.717, 1.165) is 9.79 Å². The van der Waals surface area contributed by atoms with Crippen molar-refractivity contribution in [2.75, 3.05) is 5.04 Å². The van der Waals surface area contributed by atoms with E-state index in [0.29, 0.717) is 0 Å². The van der Waals surface area contributed by atoms with Crippen LogP contribution in [0, 0.1) is 0 Å². The monoisotopic (exact) mass is 156 g/mol. The summed E-state index contributed by atoms with van der Waals surface area (Å²) in [4.78, 5) is 2.12. The van der Waals surface area contributed by atoms with Gasteiger partial charge in [0.1, 0.15) is 0 Å². The van der Waals surface area contributed by atoms with Crippen LogP contribution in [0.2, 0.25) is 0 Å². The summed E-state index contributed by atoms with van der Waals surface area (Å²) in [6.07, 6.45) is 0. The van der Waals surface area contributed by atoms with Crippen LogP contribution in [0.15, 0.2) is 34.1 Å². The van der Waals surface area contributed by atoms with Crippen LogP contribution in [0.4, 0.5) is 0 Å². The second-order valence-corrected chi connectivity index (χ2v) is 3.69. The van der Waals surface area contributed by atoms with Crippen LogP contribution in [-0.2, 0) is 0 Å². The molecule has 1 aliphatic heterocycles. The van der Waals surface area contributed by atoms with Gasteiger partial charge >= 0.3 is 0 Å². The van der Waals surface area contributed by atoms with Gasteiger partial charge in [0.25, 0.3) is 0 Å². The molecule has 0 radical (unpaired) electrons. The van der Waals surface area contributed by atoms with Crippen molar-refractivity contribution in [2.24, 2.45) is 0 Å². The van der Waals surface area contributed by atoms with E-state index in [1.165, 1.54) is 23.5 Å². The Morgan fingerprint density at radius 1 is 1.22 bits per heavy atom. The predicted molar refractivity (Wildman–Crippen MR) is 43.0 cm³/mol. The van der Waals surface area contributed by atoms with Gasteiger partial charge in [0.15, 0.2) is 0 Å². The minimum Gasteiger partial charge on any atom is -0.114 e. The molecule has 46 valence electrons. The minimum atomic E-state index is -1.16. The van der Waals surface area contributed by atoms with Crippen molar-refractivity contribution < 1.29 is 2.74 Å². The lowest BCUT2D eigenvalue weighted by molar-refractivity contribution is 1.27. The molecule has 0 saturated carbocycles. The first-order valence-electron chi connectivity index (χ1n) is 3.64. The third-order valence-electron chi connectivity index (χ3n) is 1.15. The molecule has 9 heavy (non-hydrogen) atoms. The highest BCUT2D eigenvalue weighted by Crippen LogP contribution is 2.40. The molecule has 1 aromatic carbocycles. The molecule has 2 heteroatoms. The quantitative estimate of drug-likeness (QED) is 0.566. The number of benzene rings is 1. The lowest BCUT2D eigenvalue weighted by Crippen LogP contribution is -1.65. The van der Waals surface area contributed by atoms with E-state index in [-0.39, 0.29) is 0 Å². The molecule has 0 aromatic heterocycles. The lowest BCUT2D eigenvalue weighted by Gasteiger charge is -1.90. The fourth-order valence-corrected chi connectivity index (χ4v) is 2.49. The highest BCUT2D eigenvalue weighted by Gasteiger charge is 2.08. The zero-order chi connectivity index (χ0) is 7.90. The van der Waals surface area contributed by atoms with E-state index < -0.39 is 5.04 Å². The normalized spacial score (nSPS) is 24.4. The van der Waals surface area contributed by atoms with Crippen molar-refractivity contribution in [3.63, 3.8) is 0 Å². The number of hydrogen-bond acceptors (Lipinski definition) is 2. The molecule has 0 amide bonds. The molecule has 1 heterocycles. The highest BCUT2D eigenvalue weighted by molar-refractivity contribution is 8.18. The SMILES string of the molecule is [2H]C1([2H])Sc2ccccc2S1. The maximum Gasteiger partial charge on any atom is 0.0503 e. The van der Waals surface area contributed by atoms with E-state index in [9.17, 15) is 0 Å². The van der Waals surface area contributed by atoms with Crippen LogP contribution in [0.3, 0.4) is 0 Å². The summed E-state index contributed by atoms with van der Waals surface area (Å²) < 4.78 is 14.9. The Balaban J connectivity index is 2.41. The first-order valence-corrected chi connectivity index (χ1v) is 4.28. The Hall–Kier alpha value is -0.0800. The van der Waals surface area contributed by atoms with Crippen LogP contribution in [0.5, 0.6) is 0 Å². The molecular weight excluding hydrogens is 148 g/mol. The van der Waals surface area contributed by atoms with Crippen molar-refractivity contribution in [2.45, 2.75) is 9.79 Å². The standard InChI is InChI=1S/C7H6S2/c1-2-4-7-6(3-1)8-5-9-7/h1-4H,5H2/i5D2. The number of fused-ring (bicyclic) bond motifs is 1. The Morgan fingerprint density at radius 2 is 1.78 bits per heavy atom. The van der Waals surface area contributed by atoms with Gasteiger partial charge in [-0.15, -0.1) is 23.5 Å². The second kappa shape index (κ2) is 2.27. The first-order chi connectivity index (χ1) is 5.17. The molecule has 0 spiro atoms. The van der Waals surface area contributed by atoms with Gasteiger partial charge in [-0.3, -0.25) is 0 Å². The van der Waals surface area contributed by atoms with Crippen LogP contribution >= 0.6 is 23.5 Å². The summed E-state index contributed by atoms with van der Waals surface area (Å²) >= 11 is 2.58. The first kappa shape index (κ1) is 3.94. The summed E-state index contributed by atoms with van der Waals surface area (Å²) in [7, 11) is 0. The van der Waals surface area contributed by atoms with Crippen LogP contribution < -0.4 is 0 Å². The average molecular weight is 156 g/mol. The Morgan fingerprint density at radius 3 is 2.33 bits per heavy atom. The number of thioether (sulfide) groups is 2. The van der Waals surface area contributed by atoms with Gasteiger partial charge in [-0.2, -0.15) is 0 Å². The predicted octanol–water partition coefficient (Wildman–Crippen LogP) is 2.84. The van der Waals surface area contributed by atoms with Gasteiger partial charge in [0, 0.05) is 14.8 Å². The molecule has 0 bridgehead atoms. The molecule has 0 atom stereocenters.